The molecule has 0 aromatic rings. The minimum Gasteiger partial charge on any atom is -0.393 e. The molecule has 2 heterocycles. The lowest BCUT2D eigenvalue weighted by Gasteiger charge is -2.56. The van der Waals surface area contributed by atoms with Crippen molar-refractivity contribution in [2.75, 3.05) is 20.3 Å². The topological polar surface area (TPSA) is 57.2 Å². The summed E-state index contributed by atoms with van der Waals surface area (Å²) in [6, 6.07) is 0. The highest BCUT2D eigenvalue weighted by atomic mass is 16.8. The van der Waals surface area contributed by atoms with Gasteiger partial charge in [0.15, 0.2) is 5.79 Å². The van der Waals surface area contributed by atoms with Crippen molar-refractivity contribution < 1.29 is 24.1 Å². The highest BCUT2D eigenvalue weighted by Crippen LogP contribution is 2.43. The summed E-state index contributed by atoms with van der Waals surface area (Å²) in [4.78, 5) is 0. The third-order valence-electron chi connectivity index (χ3n) is 4.38. The van der Waals surface area contributed by atoms with Crippen LogP contribution in [0.15, 0.2) is 0 Å². The molecule has 0 saturated carbocycles. The van der Waals surface area contributed by atoms with Crippen molar-refractivity contribution in [2.24, 2.45) is 5.92 Å². The van der Waals surface area contributed by atoms with Crippen LogP contribution < -0.4 is 0 Å². The average Bonchev–Trinajstić information content (AvgIpc) is 2.36. The summed E-state index contributed by atoms with van der Waals surface area (Å²) >= 11 is 0. The van der Waals surface area contributed by atoms with Crippen LogP contribution in [0, 0.1) is 5.92 Å². The molecule has 2 saturated heterocycles. The number of ether oxygens (including phenoxy) is 4. The normalized spacial score (nSPS) is 53.0. The first-order valence-corrected chi connectivity index (χ1v) is 6.50. The molecular weight excluding hydrogens is 236 g/mol. The van der Waals surface area contributed by atoms with Crippen LogP contribution in [0.4, 0.5) is 0 Å². The third kappa shape index (κ3) is 1.98. The van der Waals surface area contributed by atoms with Crippen molar-refractivity contribution >= 4 is 0 Å². The van der Waals surface area contributed by atoms with E-state index in [4.69, 9.17) is 18.9 Å². The van der Waals surface area contributed by atoms with Gasteiger partial charge in [0.05, 0.1) is 25.4 Å². The fourth-order valence-electron chi connectivity index (χ4n) is 2.67. The molecule has 0 aromatic carbocycles. The minimum atomic E-state index is -0.950. The first-order chi connectivity index (χ1) is 8.37. The third-order valence-corrected chi connectivity index (χ3v) is 4.38. The first-order valence-electron chi connectivity index (χ1n) is 6.50. The Bertz CT molecular complexity index is 280. The predicted molar refractivity (Wildman–Crippen MR) is 65.2 cm³/mol. The molecular formula is C13H24O5. The Morgan fingerprint density at radius 2 is 1.89 bits per heavy atom. The Hall–Kier alpha value is -0.200. The molecule has 0 radical (unpaired) electrons. The predicted octanol–water partition coefficient (Wildman–Crippen LogP) is 0.939. The molecule has 2 aliphatic heterocycles. The van der Waals surface area contributed by atoms with Gasteiger partial charge in [-0.05, 0) is 20.8 Å². The molecule has 2 aliphatic rings. The van der Waals surface area contributed by atoms with Gasteiger partial charge in [0.1, 0.15) is 11.7 Å². The molecule has 5 heteroatoms. The number of aliphatic hydroxyl groups excluding tert-OH is 1. The molecule has 2 fully saturated rings. The minimum absolute atomic E-state index is 0.0431. The molecule has 6 atom stereocenters. The molecule has 0 spiro atoms. The van der Waals surface area contributed by atoms with Crippen molar-refractivity contribution in [1.82, 2.24) is 0 Å². The van der Waals surface area contributed by atoms with Crippen LogP contribution in [0.1, 0.15) is 27.7 Å². The highest BCUT2D eigenvalue weighted by Gasteiger charge is 2.58. The molecule has 2 rings (SSSR count). The van der Waals surface area contributed by atoms with E-state index in [0.717, 1.165) is 0 Å². The highest BCUT2D eigenvalue weighted by molar-refractivity contribution is 5.00. The summed E-state index contributed by atoms with van der Waals surface area (Å²) in [6.45, 7) is 8.15. The van der Waals surface area contributed by atoms with Gasteiger partial charge >= 0.3 is 0 Å². The van der Waals surface area contributed by atoms with Gasteiger partial charge < -0.3 is 24.1 Å². The van der Waals surface area contributed by atoms with Crippen LogP contribution >= 0.6 is 0 Å². The SMILES string of the molecule is CO[C@@]1(C)O[C@H]2[C@H](O[C@]1(C)CO)[C@H](C)OC[C@H]2C. The monoisotopic (exact) mass is 260 g/mol. The maximum atomic E-state index is 9.63. The van der Waals surface area contributed by atoms with E-state index in [1.54, 1.807) is 14.0 Å². The molecule has 5 nitrogen and oxygen atoms in total. The van der Waals surface area contributed by atoms with E-state index in [1.165, 1.54) is 0 Å². The number of fused-ring (bicyclic) bond motifs is 1. The van der Waals surface area contributed by atoms with Crippen molar-refractivity contribution in [3.05, 3.63) is 0 Å². The molecule has 0 amide bonds. The van der Waals surface area contributed by atoms with Crippen molar-refractivity contribution in [3.8, 4) is 0 Å². The van der Waals surface area contributed by atoms with Gasteiger partial charge in [0.2, 0.25) is 0 Å². The second-order valence-electron chi connectivity index (χ2n) is 5.72. The van der Waals surface area contributed by atoms with E-state index in [0.29, 0.717) is 6.61 Å². The molecule has 18 heavy (non-hydrogen) atoms. The maximum absolute atomic E-state index is 9.63. The van der Waals surface area contributed by atoms with E-state index in [1.807, 2.05) is 13.8 Å². The van der Waals surface area contributed by atoms with Gasteiger partial charge in [0.25, 0.3) is 0 Å². The summed E-state index contributed by atoms with van der Waals surface area (Å²) in [5, 5.41) is 9.63. The van der Waals surface area contributed by atoms with E-state index >= 15 is 0 Å². The Morgan fingerprint density at radius 1 is 1.22 bits per heavy atom. The Kier molecular flexibility index (Phi) is 3.73. The molecule has 0 aromatic heterocycles. The number of hydrogen-bond acceptors (Lipinski definition) is 5. The molecule has 0 aliphatic carbocycles. The van der Waals surface area contributed by atoms with Crippen molar-refractivity contribution in [2.45, 2.75) is 57.4 Å². The summed E-state index contributed by atoms with van der Waals surface area (Å²) in [6.07, 6.45) is -0.286. The number of methoxy groups -OCH3 is 1. The largest absolute Gasteiger partial charge is 0.393 e. The Labute approximate surface area is 108 Å². The standard InChI is InChI=1S/C13H24O5/c1-8-6-16-9(2)11-10(8)18-13(4,15-5)12(3,7-14)17-11/h8-11,14H,6-7H2,1-5H3/t8-,9+,10-,11-,12-,13+/m1/s1. The summed E-state index contributed by atoms with van der Waals surface area (Å²) in [5.74, 6) is -0.710. The lowest BCUT2D eigenvalue weighted by atomic mass is 9.87. The molecule has 1 N–H and O–H groups in total. The summed E-state index contributed by atoms with van der Waals surface area (Å²) in [5.41, 5.74) is -0.891. The van der Waals surface area contributed by atoms with Gasteiger partial charge in [-0.15, -0.1) is 0 Å². The smallest absolute Gasteiger partial charge is 0.196 e. The van der Waals surface area contributed by atoms with E-state index in [2.05, 4.69) is 6.92 Å². The van der Waals surface area contributed by atoms with Crippen LogP contribution in [0.25, 0.3) is 0 Å². The van der Waals surface area contributed by atoms with Crippen LogP contribution in [0.2, 0.25) is 0 Å². The zero-order valence-corrected chi connectivity index (χ0v) is 11.8. The number of aliphatic hydroxyl groups is 1. The van der Waals surface area contributed by atoms with Crippen LogP contribution in [0.5, 0.6) is 0 Å². The second-order valence-corrected chi connectivity index (χ2v) is 5.72. The lowest BCUT2D eigenvalue weighted by Crippen LogP contribution is -2.70. The first kappa shape index (κ1) is 14.2. The second kappa shape index (κ2) is 4.72. The summed E-state index contributed by atoms with van der Waals surface area (Å²) in [7, 11) is 1.57. The van der Waals surface area contributed by atoms with Gasteiger partial charge in [-0.25, -0.2) is 0 Å². The van der Waals surface area contributed by atoms with Gasteiger partial charge in [-0.2, -0.15) is 0 Å². The number of hydrogen-bond donors (Lipinski definition) is 1. The van der Waals surface area contributed by atoms with Crippen LogP contribution in [0.3, 0.4) is 0 Å². The van der Waals surface area contributed by atoms with E-state index in [9.17, 15) is 5.11 Å². The average molecular weight is 260 g/mol. The van der Waals surface area contributed by atoms with E-state index in [-0.39, 0.29) is 30.8 Å². The van der Waals surface area contributed by atoms with E-state index < -0.39 is 11.4 Å². The molecule has 106 valence electrons. The Morgan fingerprint density at radius 3 is 2.44 bits per heavy atom. The summed E-state index contributed by atoms with van der Waals surface area (Å²) < 4.78 is 23.4. The zero-order chi connectivity index (χ0) is 13.6. The number of rotatable bonds is 2. The quantitative estimate of drug-likeness (QED) is 0.800. The van der Waals surface area contributed by atoms with Gasteiger partial charge in [0, 0.05) is 13.0 Å². The van der Waals surface area contributed by atoms with Crippen LogP contribution in [-0.2, 0) is 18.9 Å². The zero-order valence-electron chi connectivity index (χ0n) is 11.8. The Balaban J connectivity index is 2.29. The van der Waals surface area contributed by atoms with Gasteiger partial charge in [-0.3, -0.25) is 0 Å². The molecule has 0 bridgehead atoms. The van der Waals surface area contributed by atoms with Crippen LogP contribution in [-0.4, -0.2) is 55.1 Å². The van der Waals surface area contributed by atoms with Gasteiger partial charge in [-0.1, -0.05) is 6.92 Å². The maximum Gasteiger partial charge on any atom is 0.196 e. The van der Waals surface area contributed by atoms with Crippen molar-refractivity contribution in [1.29, 1.82) is 0 Å². The fraction of sp³-hybridized carbons (Fsp3) is 1.00. The lowest BCUT2D eigenvalue weighted by molar-refractivity contribution is -0.414. The van der Waals surface area contributed by atoms with Crippen molar-refractivity contribution in [3.63, 3.8) is 0 Å². The fourth-order valence-corrected chi connectivity index (χ4v) is 2.67. The molecule has 0 unspecified atom stereocenters.